The largest absolute Gasteiger partial charge is 0.342 e. The van der Waals surface area contributed by atoms with Crippen LogP contribution in [0.3, 0.4) is 0 Å². The number of hydrogen-bond acceptors (Lipinski definition) is 2. The van der Waals surface area contributed by atoms with Crippen LogP contribution in [0, 0.1) is 23.7 Å². The van der Waals surface area contributed by atoms with Crippen molar-refractivity contribution >= 4 is 5.91 Å². The molecule has 0 aromatic heterocycles. The van der Waals surface area contributed by atoms with Gasteiger partial charge in [0, 0.05) is 19.0 Å². The van der Waals surface area contributed by atoms with Crippen molar-refractivity contribution < 1.29 is 4.79 Å². The molecule has 2 unspecified atom stereocenters. The van der Waals surface area contributed by atoms with Crippen LogP contribution in [0.4, 0.5) is 0 Å². The number of hydrogen-bond donors (Lipinski definition) is 1. The number of piperidine rings is 1. The van der Waals surface area contributed by atoms with E-state index in [-0.39, 0.29) is 0 Å². The quantitative estimate of drug-likeness (QED) is 0.759. The fourth-order valence-electron chi connectivity index (χ4n) is 3.14. The molecule has 1 saturated carbocycles. The molecule has 1 aliphatic carbocycles. The van der Waals surface area contributed by atoms with Crippen LogP contribution in [0.5, 0.6) is 0 Å². The van der Waals surface area contributed by atoms with Gasteiger partial charge in [0.15, 0.2) is 0 Å². The lowest BCUT2D eigenvalue weighted by Crippen LogP contribution is -2.50. The van der Waals surface area contributed by atoms with Gasteiger partial charge in [-0.05, 0) is 50.1 Å². The first-order valence-electron chi connectivity index (χ1n) is 6.75. The Labute approximate surface area is 97.6 Å². The number of carbonyl (C=O) groups is 1. The molecule has 2 saturated heterocycles. The fourth-order valence-corrected chi connectivity index (χ4v) is 3.14. The zero-order chi connectivity index (χ0) is 11.1. The van der Waals surface area contributed by atoms with E-state index in [9.17, 15) is 4.79 Å². The zero-order valence-electron chi connectivity index (χ0n) is 10.1. The van der Waals surface area contributed by atoms with E-state index in [0.717, 1.165) is 31.3 Å². The zero-order valence-corrected chi connectivity index (χ0v) is 10.1. The number of likely N-dealkylation sites (tertiary alicyclic amines) is 1. The van der Waals surface area contributed by atoms with Crippen molar-refractivity contribution in [3.05, 3.63) is 0 Å². The smallest absolute Gasteiger partial charge is 0.225 e. The molecule has 3 rings (SSSR count). The predicted molar refractivity (Wildman–Crippen MR) is 62.9 cm³/mol. The number of nitrogens with one attached hydrogen (secondary N) is 1. The first-order chi connectivity index (χ1) is 7.75. The van der Waals surface area contributed by atoms with Crippen molar-refractivity contribution in [2.75, 3.05) is 26.2 Å². The summed E-state index contributed by atoms with van der Waals surface area (Å²) in [6.07, 6.45) is 3.60. The van der Waals surface area contributed by atoms with Crippen LogP contribution < -0.4 is 5.32 Å². The van der Waals surface area contributed by atoms with Gasteiger partial charge in [0.1, 0.15) is 0 Å². The topological polar surface area (TPSA) is 32.3 Å². The maximum Gasteiger partial charge on any atom is 0.225 e. The molecule has 3 nitrogen and oxygen atoms in total. The van der Waals surface area contributed by atoms with Crippen LogP contribution >= 0.6 is 0 Å². The van der Waals surface area contributed by atoms with Crippen molar-refractivity contribution in [1.29, 1.82) is 0 Å². The maximum absolute atomic E-state index is 12.0. The molecule has 0 radical (unpaired) electrons. The van der Waals surface area contributed by atoms with Crippen molar-refractivity contribution in [2.24, 2.45) is 23.7 Å². The lowest BCUT2D eigenvalue weighted by molar-refractivity contribution is -0.134. The van der Waals surface area contributed by atoms with E-state index in [1.54, 1.807) is 0 Å². The highest BCUT2D eigenvalue weighted by atomic mass is 16.2. The molecule has 1 amide bonds. The summed E-state index contributed by atoms with van der Waals surface area (Å²) in [7, 11) is 0. The van der Waals surface area contributed by atoms with E-state index in [4.69, 9.17) is 0 Å². The van der Waals surface area contributed by atoms with E-state index < -0.39 is 0 Å². The van der Waals surface area contributed by atoms with Crippen LogP contribution in [0.25, 0.3) is 0 Å². The second-order valence-electron chi connectivity index (χ2n) is 5.90. The minimum atomic E-state index is 0.377. The highest BCUT2D eigenvalue weighted by molar-refractivity contribution is 5.81. The molecule has 2 heterocycles. The van der Waals surface area contributed by atoms with Crippen LogP contribution in [-0.2, 0) is 4.79 Å². The van der Waals surface area contributed by atoms with Crippen molar-refractivity contribution in [1.82, 2.24) is 10.2 Å². The first-order valence-corrected chi connectivity index (χ1v) is 6.75. The Hall–Kier alpha value is -0.570. The minimum absolute atomic E-state index is 0.377. The Morgan fingerprint density at radius 3 is 2.25 bits per heavy atom. The number of nitrogens with zero attached hydrogens (tertiary/aromatic N) is 1. The molecular weight excluding hydrogens is 200 g/mol. The third-order valence-corrected chi connectivity index (χ3v) is 4.76. The van der Waals surface area contributed by atoms with Gasteiger partial charge >= 0.3 is 0 Å². The molecule has 16 heavy (non-hydrogen) atoms. The summed E-state index contributed by atoms with van der Waals surface area (Å²) < 4.78 is 0. The van der Waals surface area contributed by atoms with E-state index in [0.29, 0.717) is 17.7 Å². The highest BCUT2D eigenvalue weighted by Gasteiger charge is 2.42. The number of rotatable bonds is 2. The summed E-state index contributed by atoms with van der Waals surface area (Å²) >= 11 is 0. The van der Waals surface area contributed by atoms with E-state index in [1.807, 2.05) is 0 Å². The Morgan fingerprint density at radius 2 is 1.81 bits per heavy atom. The number of carbonyl (C=O) groups excluding carboxylic acids is 1. The summed E-state index contributed by atoms with van der Waals surface area (Å²) in [6.45, 7) is 6.64. The monoisotopic (exact) mass is 222 g/mol. The van der Waals surface area contributed by atoms with Gasteiger partial charge in [0.25, 0.3) is 0 Å². The molecule has 90 valence electrons. The first kappa shape index (κ1) is 10.6. The summed E-state index contributed by atoms with van der Waals surface area (Å²) in [4.78, 5) is 14.2. The average molecular weight is 222 g/mol. The van der Waals surface area contributed by atoms with E-state index >= 15 is 0 Å². The van der Waals surface area contributed by atoms with Gasteiger partial charge in [-0.25, -0.2) is 0 Å². The normalized spacial score (nSPS) is 35.9. The molecule has 0 bridgehead atoms. The third-order valence-electron chi connectivity index (χ3n) is 4.76. The van der Waals surface area contributed by atoms with Gasteiger partial charge in [-0.3, -0.25) is 4.79 Å². The van der Waals surface area contributed by atoms with Gasteiger partial charge in [0.05, 0.1) is 0 Å². The minimum Gasteiger partial charge on any atom is -0.342 e. The molecule has 2 aliphatic heterocycles. The molecule has 0 aromatic rings. The Morgan fingerprint density at radius 1 is 1.19 bits per heavy atom. The molecule has 3 heteroatoms. The van der Waals surface area contributed by atoms with Gasteiger partial charge in [-0.15, -0.1) is 0 Å². The lowest BCUT2D eigenvalue weighted by Gasteiger charge is -2.40. The predicted octanol–water partition coefficient (Wildman–Crippen LogP) is 1.10. The molecule has 3 fully saturated rings. The molecule has 2 atom stereocenters. The fraction of sp³-hybridized carbons (Fsp3) is 0.923. The Balaban J connectivity index is 1.48. The van der Waals surface area contributed by atoms with E-state index in [2.05, 4.69) is 17.1 Å². The van der Waals surface area contributed by atoms with Crippen molar-refractivity contribution in [3.63, 3.8) is 0 Å². The SMILES string of the molecule is CC1CC1C(=O)N1CCC(C2CNC2)CC1. The van der Waals surface area contributed by atoms with Gasteiger partial charge < -0.3 is 10.2 Å². The van der Waals surface area contributed by atoms with E-state index in [1.165, 1.54) is 25.9 Å². The second kappa shape index (κ2) is 4.02. The molecule has 1 N–H and O–H groups in total. The van der Waals surface area contributed by atoms with Crippen molar-refractivity contribution in [2.45, 2.75) is 26.2 Å². The Kier molecular flexibility index (Phi) is 2.66. The van der Waals surface area contributed by atoms with Gasteiger partial charge in [-0.2, -0.15) is 0 Å². The standard InChI is InChI=1S/C13H22N2O/c1-9-6-12(9)13(16)15-4-2-10(3-5-15)11-7-14-8-11/h9-12,14H,2-8H2,1H3. The summed E-state index contributed by atoms with van der Waals surface area (Å²) in [5.74, 6) is 3.25. The van der Waals surface area contributed by atoms with Crippen LogP contribution in [0.1, 0.15) is 26.2 Å². The maximum atomic E-state index is 12.0. The molecule has 0 aromatic carbocycles. The second-order valence-corrected chi connectivity index (χ2v) is 5.90. The van der Waals surface area contributed by atoms with Crippen LogP contribution in [-0.4, -0.2) is 37.0 Å². The summed E-state index contributed by atoms with van der Waals surface area (Å²) in [5, 5.41) is 3.35. The number of amides is 1. The third kappa shape index (κ3) is 1.86. The summed E-state index contributed by atoms with van der Waals surface area (Å²) in [5.41, 5.74) is 0. The molecular formula is C13H22N2O. The summed E-state index contributed by atoms with van der Waals surface area (Å²) in [6, 6.07) is 0. The lowest BCUT2D eigenvalue weighted by atomic mass is 9.81. The van der Waals surface area contributed by atoms with Gasteiger partial charge in [0.2, 0.25) is 5.91 Å². The Bertz CT molecular complexity index is 280. The van der Waals surface area contributed by atoms with Crippen LogP contribution in [0.15, 0.2) is 0 Å². The average Bonchev–Trinajstić information content (AvgIpc) is 2.93. The van der Waals surface area contributed by atoms with Gasteiger partial charge in [-0.1, -0.05) is 6.92 Å². The highest BCUT2D eigenvalue weighted by Crippen LogP contribution is 2.40. The van der Waals surface area contributed by atoms with Crippen molar-refractivity contribution in [3.8, 4) is 0 Å². The molecule has 0 spiro atoms. The van der Waals surface area contributed by atoms with Crippen LogP contribution in [0.2, 0.25) is 0 Å². The molecule has 3 aliphatic rings.